The molecule has 0 atom stereocenters. The van der Waals surface area contributed by atoms with E-state index in [1.807, 2.05) is 18.2 Å². The summed E-state index contributed by atoms with van der Waals surface area (Å²) in [5.41, 5.74) is 8.10. The molecule has 0 aliphatic carbocycles. The van der Waals surface area contributed by atoms with Gasteiger partial charge in [0, 0.05) is 5.69 Å². The molecule has 3 nitrogen and oxygen atoms in total. The van der Waals surface area contributed by atoms with Crippen molar-refractivity contribution in [2.24, 2.45) is 0 Å². The highest BCUT2D eigenvalue weighted by Gasteiger charge is 2.08. The van der Waals surface area contributed by atoms with Crippen LogP contribution >= 0.6 is 0 Å². The molecule has 0 amide bonds. The minimum atomic E-state index is -0.0321. The Kier molecular flexibility index (Phi) is 4.77. The van der Waals surface area contributed by atoms with E-state index in [1.54, 1.807) is 18.2 Å². The van der Waals surface area contributed by atoms with E-state index in [0.717, 1.165) is 12.8 Å². The van der Waals surface area contributed by atoms with E-state index in [-0.39, 0.29) is 5.78 Å². The molecule has 2 aromatic rings. The first-order valence-corrected chi connectivity index (χ1v) is 6.74. The lowest BCUT2D eigenvalue weighted by Crippen LogP contribution is -2.04. The van der Waals surface area contributed by atoms with Crippen LogP contribution in [-0.2, 0) is 6.42 Å². The van der Waals surface area contributed by atoms with E-state index >= 15 is 0 Å². The van der Waals surface area contributed by atoms with Crippen molar-refractivity contribution in [1.82, 2.24) is 0 Å². The molecule has 0 aliphatic rings. The van der Waals surface area contributed by atoms with Gasteiger partial charge in [0.05, 0.1) is 12.2 Å². The largest absolute Gasteiger partial charge is 0.493 e. The average Bonchev–Trinajstić information content (AvgIpc) is 2.45. The van der Waals surface area contributed by atoms with Crippen LogP contribution in [-0.4, -0.2) is 12.4 Å². The number of benzene rings is 2. The summed E-state index contributed by atoms with van der Waals surface area (Å²) in [5.74, 6) is 0.579. The number of nitrogen functional groups attached to an aromatic ring is 1. The number of anilines is 1. The molecule has 0 fully saturated rings. The fourth-order valence-corrected chi connectivity index (χ4v) is 2.05. The molecule has 0 saturated carbocycles. The van der Waals surface area contributed by atoms with Gasteiger partial charge in [-0.05, 0) is 43.5 Å². The number of ether oxygens (including phenoxy) is 1. The predicted molar refractivity (Wildman–Crippen MR) is 81.1 cm³/mol. The van der Waals surface area contributed by atoms with Crippen molar-refractivity contribution < 1.29 is 9.53 Å². The van der Waals surface area contributed by atoms with Gasteiger partial charge in [-0.1, -0.05) is 30.3 Å². The molecule has 2 aromatic carbocycles. The Balaban J connectivity index is 1.90. The first-order chi connectivity index (χ1) is 9.66. The summed E-state index contributed by atoms with van der Waals surface area (Å²) in [6.45, 7) is 2.10. The second-order valence-electron chi connectivity index (χ2n) is 4.75. The van der Waals surface area contributed by atoms with Crippen molar-refractivity contribution in [3.63, 3.8) is 0 Å². The number of hydrogen-bond donors (Lipinski definition) is 1. The van der Waals surface area contributed by atoms with Crippen molar-refractivity contribution in [3.8, 4) is 5.75 Å². The van der Waals surface area contributed by atoms with Crippen LogP contribution in [0.2, 0.25) is 0 Å². The predicted octanol–water partition coefficient (Wildman–Crippen LogP) is 3.48. The Morgan fingerprint density at radius 3 is 2.60 bits per heavy atom. The van der Waals surface area contributed by atoms with Crippen molar-refractivity contribution in [2.75, 3.05) is 12.3 Å². The standard InChI is InChI=1S/C17H19NO2/c1-13(19)16-12-15(18)9-10-17(16)20-11-5-8-14-6-3-2-4-7-14/h2-4,6-7,9-10,12H,5,8,11,18H2,1H3. The third-order valence-electron chi connectivity index (χ3n) is 3.09. The summed E-state index contributed by atoms with van der Waals surface area (Å²) in [6, 6.07) is 15.4. The quantitative estimate of drug-likeness (QED) is 0.496. The van der Waals surface area contributed by atoms with Crippen LogP contribution < -0.4 is 10.5 Å². The molecule has 3 heteroatoms. The Morgan fingerprint density at radius 2 is 1.90 bits per heavy atom. The molecule has 2 rings (SSSR count). The minimum absolute atomic E-state index is 0.0321. The highest BCUT2D eigenvalue weighted by molar-refractivity contribution is 5.97. The fraction of sp³-hybridized carbons (Fsp3) is 0.235. The van der Waals surface area contributed by atoms with Gasteiger partial charge in [0.2, 0.25) is 0 Å². The summed E-state index contributed by atoms with van der Waals surface area (Å²) in [6.07, 6.45) is 1.87. The Labute approximate surface area is 119 Å². The number of nitrogens with two attached hydrogens (primary N) is 1. The van der Waals surface area contributed by atoms with E-state index in [4.69, 9.17) is 10.5 Å². The second kappa shape index (κ2) is 6.75. The molecule has 0 bridgehead atoms. The molecular weight excluding hydrogens is 250 g/mol. The van der Waals surface area contributed by atoms with Crippen LogP contribution in [0.5, 0.6) is 5.75 Å². The zero-order valence-electron chi connectivity index (χ0n) is 11.6. The van der Waals surface area contributed by atoms with E-state index in [0.29, 0.717) is 23.6 Å². The molecule has 0 saturated heterocycles. The highest BCUT2D eigenvalue weighted by Crippen LogP contribution is 2.22. The third-order valence-corrected chi connectivity index (χ3v) is 3.09. The van der Waals surface area contributed by atoms with Gasteiger partial charge in [-0.2, -0.15) is 0 Å². The van der Waals surface area contributed by atoms with Crippen LogP contribution in [0.4, 0.5) is 5.69 Å². The van der Waals surface area contributed by atoms with Crippen LogP contribution in [0.3, 0.4) is 0 Å². The first-order valence-electron chi connectivity index (χ1n) is 6.74. The zero-order chi connectivity index (χ0) is 14.4. The summed E-state index contributed by atoms with van der Waals surface area (Å²) in [4.78, 5) is 11.5. The number of hydrogen-bond acceptors (Lipinski definition) is 3. The Morgan fingerprint density at radius 1 is 1.15 bits per heavy atom. The summed E-state index contributed by atoms with van der Waals surface area (Å²) >= 11 is 0. The molecule has 20 heavy (non-hydrogen) atoms. The molecule has 0 aromatic heterocycles. The monoisotopic (exact) mass is 269 g/mol. The molecule has 104 valence electrons. The molecule has 0 heterocycles. The molecular formula is C17H19NO2. The van der Waals surface area contributed by atoms with Gasteiger partial charge in [0.15, 0.2) is 5.78 Å². The normalized spacial score (nSPS) is 10.2. The van der Waals surface area contributed by atoms with Crippen LogP contribution in [0, 0.1) is 0 Å². The first kappa shape index (κ1) is 14.1. The highest BCUT2D eigenvalue weighted by atomic mass is 16.5. The lowest BCUT2D eigenvalue weighted by atomic mass is 10.1. The number of carbonyl (C=O) groups excluding carboxylic acids is 1. The third kappa shape index (κ3) is 3.85. The number of ketones is 1. The maximum absolute atomic E-state index is 11.5. The van der Waals surface area contributed by atoms with Crippen molar-refractivity contribution in [3.05, 3.63) is 59.7 Å². The lowest BCUT2D eigenvalue weighted by molar-refractivity contribution is 0.101. The molecule has 0 unspecified atom stereocenters. The zero-order valence-corrected chi connectivity index (χ0v) is 11.6. The van der Waals surface area contributed by atoms with Crippen LogP contribution in [0.15, 0.2) is 48.5 Å². The SMILES string of the molecule is CC(=O)c1cc(N)ccc1OCCCc1ccccc1. The number of carbonyl (C=O) groups is 1. The topological polar surface area (TPSA) is 52.3 Å². The lowest BCUT2D eigenvalue weighted by Gasteiger charge is -2.10. The molecule has 0 spiro atoms. The van der Waals surface area contributed by atoms with Crippen LogP contribution in [0.1, 0.15) is 29.3 Å². The number of aryl methyl sites for hydroxylation is 1. The molecule has 0 aliphatic heterocycles. The summed E-state index contributed by atoms with van der Waals surface area (Å²) in [5, 5.41) is 0. The van der Waals surface area contributed by atoms with Gasteiger partial charge in [-0.15, -0.1) is 0 Å². The van der Waals surface area contributed by atoms with Crippen LogP contribution in [0.25, 0.3) is 0 Å². The van der Waals surface area contributed by atoms with E-state index in [2.05, 4.69) is 12.1 Å². The summed E-state index contributed by atoms with van der Waals surface area (Å²) in [7, 11) is 0. The van der Waals surface area contributed by atoms with Gasteiger partial charge in [-0.3, -0.25) is 4.79 Å². The van der Waals surface area contributed by atoms with Crippen molar-refractivity contribution in [1.29, 1.82) is 0 Å². The van der Waals surface area contributed by atoms with Crippen molar-refractivity contribution in [2.45, 2.75) is 19.8 Å². The summed E-state index contributed by atoms with van der Waals surface area (Å²) < 4.78 is 5.70. The van der Waals surface area contributed by atoms with Gasteiger partial charge >= 0.3 is 0 Å². The van der Waals surface area contributed by atoms with Gasteiger partial charge in [0.25, 0.3) is 0 Å². The second-order valence-corrected chi connectivity index (χ2v) is 4.75. The van der Waals surface area contributed by atoms with E-state index < -0.39 is 0 Å². The smallest absolute Gasteiger partial charge is 0.163 e. The van der Waals surface area contributed by atoms with E-state index in [1.165, 1.54) is 12.5 Å². The average molecular weight is 269 g/mol. The molecule has 0 radical (unpaired) electrons. The van der Waals surface area contributed by atoms with Gasteiger partial charge in [0.1, 0.15) is 5.75 Å². The Bertz CT molecular complexity index is 579. The maximum Gasteiger partial charge on any atom is 0.163 e. The van der Waals surface area contributed by atoms with E-state index in [9.17, 15) is 4.79 Å². The fourth-order valence-electron chi connectivity index (χ4n) is 2.05. The Hall–Kier alpha value is -2.29. The van der Waals surface area contributed by atoms with Gasteiger partial charge < -0.3 is 10.5 Å². The van der Waals surface area contributed by atoms with Crippen molar-refractivity contribution >= 4 is 11.5 Å². The molecule has 2 N–H and O–H groups in total. The minimum Gasteiger partial charge on any atom is -0.493 e. The number of rotatable bonds is 6. The van der Waals surface area contributed by atoms with Gasteiger partial charge in [-0.25, -0.2) is 0 Å². The number of Topliss-reactive ketones (excluding diaryl/α,β-unsaturated/α-hetero) is 1. The maximum atomic E-state index is 11.5.